The first-order valence-corrected chi connectivity index (χ1v) is 8.27. The van der Waals surface area contributed by atoms with Crippen LogP contribution in [0, 0.1) is 22.7 Å². The number of amides is 1. The van der Waals surface area contributed by atoms with E-state index in [0.717, 1.165) is 0 Å². The summed E-state index contributed by atoms with van der Waals surface area (Å²) in [5.41, 5.74) is -0.130. The number of rotatable bonds is 4. The maximum absolute atomic E-state index is 12.5. The van der Waals surface area contributed by atoms with Gasteiger partial charge in [0.05, 0.1) is 22.5 Å². The molecule has 1 aromatic heterocycles. The van der Waals surface area contributed by atoms with Crippen molar-refractivity contribution in [1.29, 1.82) is 5.26 Å². The van der Waals surface area contributed by atoms with Crippen molar-refractivity contribution < 1.29 is 14.3 Å². The second kappa shape index (κ2) is 6.49. The number of ether oxygens (including phenoxy) is 1. The van der Waals surface area contributed by atoms with E-state index >= 15 is 0 Å². The molecule has 0 spiro atoms. The Balaban J connectivity index is 2.17. The van der Waals surface area contributed by atoms with Crippen molar-refractivity contribution in [3.63, 3.8) is 0 Å². The molecule has 0 N–H and O–H groups in total. The van der Waals surface area contributed by atoms with Crippen LogP contribution in [0.4, 0.5) is 0 Å². The van der Waals surface area contributed by atoms with Crippen LogP contribution in [0.2, 0.25) is 0 Å². The van der Waals surface area contributed by atoms with Gasteiger partial charge in [-0.05, 0) is 25.3 Å². The van der Waals surface area contributed by atoms with Gasteiger partial charge in [-0.3, -0.25) is 9.59 Å². The molecule has 1 aromatic rings. The van der Waals surface area contributed by atoms with E-state index in [2.05, 4.69) is 0 Å². The van der Waals surface area contributed by atoms with E-state index in [0.29, 0.717) is 36.6 Å². The Morgan fingerprint density at radius 1 is 1.55 bits per heavy atom. The highest BCUT2D eigenvalue weighted by molar-refractivity contribution is 7.12. The molecule has 6 heteroatoms. The maximum Gasteiger partial charge on any atom is 0.314 e. The van der Waals surface area contributed by atoms with Crippen molar-refractivity contribution >= 4 is 23.2 Å². The van der Waals surface area contributed by atoms with Gasteiger partial charge in [0.1, 0.15) is 6.07 Å². The highest BCUT2D eigenvalue weighted by atomic mass is 32.1. The Hall–Kier alpha value is -1.87. The zero-order valence-electron chi connectivity index (χ0n) is 13.1. The van der Waals surface area contributed by atoms with Crippen LogP contribution in [0.5, 0.6) is 0 Å². The predicted octanol–water partition coefficient (Wildman–Crippen LogP) is 2.67. The number of hydrogen-bond donors (Lipinski definition) is 0. The van der Waals surface area contributed by atoms with Crippen LogP contribution in [0.1, 0.15) is 42.4 Å². The Bertz CT molecular complexity index is 617. The minimum atomic E-state index is -0.624. The quantitative estimate of drug-likeness (QED) is 0.800. The van der Waals surface area contributed by atoms with Crippen molar-refractivity contribution in [2.24, 2.45) is 11.3 Å². The number of carbonyl (C=O) groups excluding carboxylic acids is 2. The average molecular weight is 320 g/mol. The number of thiophene rings is 1. The van der Waals surface area contributed by atoms with E-state index in [1.807, 2.05) is 19.9 Å². The van der Waals surface area contributed by atoms with Gasteiger partial charge < -0.3 is 9.64 Å². The molecule has 0 bridgehead atoms. The number of hydrogen-bond acceptors (Lipinski definition) is 5. The summed E-state index contributed by atoms with van der Waals surface area (Å²) in [6, 6.07) is 3.63. The van der Waals surface area contributed by atoms with E-state index in [1.165, 1.54) is 11.3 Å². The molecule has 0 saturated carbocycles. The first-order chi connectivity index (χ1) is 10.4. The van der Waals surface area contributed by atoms with Crippen LogP contribution < -0.4 is 0 Å². The molecule has 2 heterocycles. The topological polar surface area (TPSA) is 70.4 Å². The molecule has 0 aromatic carbocycles. The number of nitriles is 1. The Kier molecular flexibility index (Phi) is 4.87. The van der Waals surface area contributed by atoms with Gasteiger partial charge in [-0.15, -0.1) is 11.3 Å². The molecule has 1 saturated heterocycles. The lowest BCUT2D eigenvalue weighted by Crippen LogP contribution is -2.41. The molecule has 1 aliphatic heterocycles. The van der Waals surface area contributed by atoms with Crippen LogP contribution in [0.25, 0.3) is 0 Å². The molecule has 0 aliphatic carbocycles. The van der Waals surface area contributed by atoms with Gasteiger partial charge in [-0.1, -0.05) is 13.8 Å². The highest BCUT2D eigenvalue weighted by Crippen LogP contribution is 2.40. The fraction of sp³-hybridized carbons (Fsp3) is 0.562. The molecule has 118 valence electrons. The summed E-state index contributed by atoms with van der Waals surface area (Å²) in [6.45, 7) is 7.03. The molecule has 5 nitrogen and oxygen atoms in total. The van der Waals surface area contributed by atoms with Crippen molar-refractivity contribution in [3.8, 4) is 6.07 Å². The second-order valence-electron chi connectivity index (χ2n) is 5.82. The second-order valence-corrected chi connectivity index (χ2v) is 6.73. The van der Waals surface area contributed by atoms with Gasteiger partial charge in [-0.2, -0.15) is 5.26 Å². The van der Waals surface area contributed by atoms with Crippen LogP contribution in [-0.2, 0) is 9.53 Å². The number of likely N-dealkylation sites (tertiary alicyclic amines) is 1. The Labute approximate surface area is 134 Å². The summed E-state index contributed by atoms with van der Waals surface area (Å²) in [5.74, 6) is -0.232. The van der Waals surface area contributed by atoms with Gasteiger partial charge in [0.25, 0.3) is 5.91 Å². The number of carbonyl (C=O) groups is 2. The summed E-state index contributed by atoms with van der Waals surface area (Å²) in [7, 11) is 0. The van der Waals surface area contributed by atoms with Gasteiger partial charge in [-0.25, -0.2) is 0 Å². The molecular weight excluding hydrogens is 300 g/mol. The first kappa shape index (κ1) is 16.5. The molecule has 1 fully saturated rings. The third kappa shape index (κ3) is 2.86. The van der Waals surface area contributed by atoms with Crippen LogP contribution >= 0.6 is 11.3 Å². The van der Waals surface area contributed by atoms with Gasteiger partial charge >= 0.3 is 5.97 Å². The van der Waals surface area contributed by atoms with Crippen molar-refractivity contribution in [2.75, 3.05) is 19.7 Å². The molecule has 22 heavy (non-hydrogen) atoms. The maximum atomic E-state index is 12.5. The molecule has 0 unspecified atom stereocenters. The van der Waals surface area contributed by atoms with Gasteiger partial charge in [0.2, 0.25) is 0 Å². The summed E-state index contributed by atoms with van der Waals surface area (Å²) in [4.78, 5) is 27.1. The van der Waals surface area contributed by atoms with Crippen LogP contribution in [0.3, 0.4) is 0 Å². The zero-order chi connectivity index (χ0) is 16.3. The largest absolute Gasteiger partial charge is 0.466 e. The van der Waals surface area contributed by atoms with Gasteiger partial charge in [0, 0.05) is 18.5 Å². The molecule has 1 aliphatic rings. The normalized spacial score (nSPS) is 21.0. The predicted molar refractivity (Wildman–Crippen MR) is 83.5 cm³/mol. The van der Waals surface area contributed by atoms with Crippen LogP contribution in [0.15, 0.2) is 11.4 Å². The smallest absolute Gasteiger partial charge is 0.314 e. The van der Waals surface area contributed by atoms with Crippen molar-refractivity contribution in [2.45, 2.75) is 27.2 Å². The summed E-state index contributed by atoms with van der Waals surface area (Å²) in [6.07, 6.45) is 0.617. The SMILES string of the molecule is CCOC(=O)[C@]1(C(C)C)CCN(C(=O)c2cc(C#N)cs2)C1. The molecule has 1 amide bonds. The fourth-order valence-electron chi connectivity index (χ4n) is 2.82. The minimum absolute atomic E-state index is 0.0994. The van der Waals surface area contributed by atoms with E-state index < -0.39 is 5.41 Å². The third-order valence-corrected chi connectivity index (χ3v) is 5.23. The minimum Gasteiger partial charge on any atom is -0.466 e. The lowest BCUT2D eigenvalue weighted by Gasteiger charge is -2.30. The highest BCUT2D eigenvalue weighted by Gasteiger charge is 2.49. The zero-order valence-corrected chi connectivity index (χ0v) is 13.9. The standard InChI is InChI=1S/C16H20N2O3S/c1-4-21-15(20)16(11(2)3)5-6-18(10-16)14(19)13-7-12(8-17)9-22-13/h7,9,11H,4-6,10H2,1-3H3/t16-/m1/s1. The fourth-order valence-corrected chi connectivity index (χ4v) is 3.62. The van der Waals surface area contributed by atoms with Gasteiger partial charge in [0.15, 0.2) is 0 Å². The molecule has 1 atom stereocenters. The lowest BCUT2D eigenvalue weighted by molar-refractivity contribution is -0.157. The average Bonchev–Trinajstić information content (AvgIpc) is 3.14. The third-order valence-electron chi connectivity index (χ3n) is 4.31. The monoisotopic (exact) mass is 320 g/mol. The molecule has 2 rings (SSSR count). The lowest BCUT2D eigenvalue weighted by atomic mass is 9.76. The molecule has 0 radical (unpaired) electrons. The summed E-state index contributed by atoms with van der Waals surface area (Å²) < 4.78 is 5.23. The summed E-state index contributed by atoms with van der Waals surface area (Å²) in [5, 5.41) is 10.5. The van der Waals surface area contributed by atoms with E-state index in [1.54, 1.807) is 23.3 Å². The number of esters is 1. The van der Waals surface area contributed by atoms with E-state index in [-0.39, 0.29) is 17.8 Å². The summed E-state index contributed by atoms with van der Waals surface area (Å²) >= 11 is 1.27. The van der Waals surface area contributed by atoms with Crippen molar-refractivity contribution in [3.05, 3.63) is 21.9 Å². The number of nitrogens with zero attached hydrogens (tertiary/aromatic N) is 2. The van der Waals surface area contributed by atoms with E-state index in [4.69, 9.17) is 10.00 Å². The van der Waals surface area contributed by atoms with Crippen LogP contribution in [-0.4, -0.2) is 36.5 Å². The molecular formula is C16H20N2O3S. The first-order valence-electron chi connectivity index (χ1n) is 7.39. The Morgan fingerprint density at radius 3 is 2.82 bits per heavy atom. The van der Waals surface area contributed by atoms with Crippen molar-refractivity contribution in [1.82, 2.24) is 4.90 Å². The Morgan fingerprint density at radius 2 is 2.27 bits per heavy atom. The van der Waals surface area contributed by atoms with E-state index in [9.17, 15) is 9.59 Å².